The molecule has 0 aliphatic carbocycles. The number of methoxy groups -OCH3 is 1. The van der Waals surface area contributed by atoms with Gasteiger partial charge < -0.3 is 14.2 Å². The summed E-state index contributed by atoms with van der Waals surface area (Å²) in [4.78, 5) is 11.3. The Balaban J connectivity index is 2.15. The van der Waals surface area contributed by atoms with E-state index in [4.69, 9.17) is 21.1 Å². The molecule has 23 heavy (non-hydrogen) atoms. The zero-order valence-electron chi connectivity index (χ0n) is 13.4. The first-order valence-corrected chi connectivity index (χ1v) is 7.68. The molecule has 0 atom stereocenters. The Kier molecular flexibility index (Phi) is 5.88. The lowest BCUT2D eigenvalue weighted by atomic mass is 10.1. The molecule has 122 valence electrons. The van der Waals surface area contributed by atoms with Gasteiger partial charge in [0.05, 0.1) is 7.11 Å². The Labute approximate surface area is 140 Å². The first kappa shape index (κ1) is 17.2. The Morgan fingerprint density at radius 1 is 1.13 bits per heavy atom. The number of carbonyl (C=O) groups excluding carboxylic acids is 1. The van der Waals surface area contributed by atoms with Crippen molar-refractivity contribution >= 4 is 17.8 Å². The minimum absolute atomic E-state index is 0.260. The highest BCUT2D eigenvalue weighted by Gasteiger charge is 2.11. The molecule has 0 N–H and O–H groups in total. The van der Waals surface area contributed by atoms with Crippen LogP contribution >= 0.6 is 11.6 Å². The van der Waals surface area contributed by atoms with Crippen molar-refractivity contribution in [3.05, 3.63) is 58.1 Å². The summed E-state index contributed by atoms with van der Waals surface area (Å²) in [5, 5.41) is 0.687. The lowest BCUT2D eigenvalue weighted by Crippen LogP contribution is -2.09. The second-order valence-electron chi connectivity index (χ2n) is 5.02. The monoisotopic (exact) mass is 334 g/mol. The summed E-state index contributed by atoms with van der Waals surface area (Å²) in [6.45, 7) is 4.29. The first-order chi connectivity index (χ1) is 11.0. The van der Waals surface area contributed by atoms with Gasteiger partial charge in [0.15, 0.2) is 0 Å². The number of para-hydroxylation sites is 1. The second kappa shape index (κ2) is 7.88. The molecule has 0 aliphatic heterocycles. The van der Waals surface area contributed by atoms with Crippen molar-refractivity contribution in [2.24, 2.45) is 0 Å². The van der Waals surface area contributed by atoms with Gasteiger partial charge in [-0.2, -0.15) is 0 Å². The molecule has 0 spiro atoms. The van der Waals surface area contributed by atoms with Gasteiger partial charge in [0.1, 0.15) is 18.1 Å². The minimum Gasteiger partial charge on any atom is -0.488 e. The summed E-state index contributed by atoms with van der Waals surface area (Å²) >= 11 is 6.24. The van der Waals surface area contributed by atoms with Crippen molar-refractivity contribution in [1.82, 2.24) is 0 Å². The number of rotatable bonds is 5. The number of aryl methyl sites for hydroxylation is 2. The van der Waals surface area contributed by atoms with Gasteiger partial charge in [-0.15, -0.1) is 0 Å². The lowest BCUT2D eigenvalue weighted by molar-refractivity contribution is 0.120. The molecular weight excluding hydrogens is 316 g/mol. The Morgan fingerprint density at radius 2 is 1.87 bits per heavy atom. The van der Waals surface area contributed by atoms with Gasteiger partial charge in [0.2, 0.25) is 0 Å². The van der Waals surface area contributed by atoms with Crippen LogP contribution in [-0.4, -0.2) is 13.3 Å². The van der Waals surface area contributed by atoms with Gasteiger partial charge in [-0.05, 0) is 36.6 Å². The van der Waals surface area contributed by atoms with Crippen LogP contribution in [0.15, 0.2) is 36.4 Å². The fraction of sp³-hybridized carbons (Fsp3) is 0.278. The predicted octanol–water partition coefficient (Wildman–Crippen LogP) is 4.94. The van der Waals surface area contributed by atoms with E-state index in [0.717, 1.165) is 23.1 Å². The van der Waals surface area contributed by atoms with Crippen molar-refractivity contribution in [2.45, 2.75) is 26.9 Å². The van der Waals surface area contributed by atoms with Crippen LogP contribution in [0.1, 0.15) is 23.6 Å². The van der Waals surface area contributed by atoms with Crippen molar-refractivity contribution in [3.8, 4) is 11.5 Å². The number of benzene rings is 2. The molecule has 4 nitrogen and oxygen atoms in total. The van der Waals surface area contributed by atoms with E-state index in [1.165, 1.54) is 7.11 Å². The SMILES string of the molecule is CCc1cc(C)c(OCc2ccccc2OC(=O)OC)cc1Cl. The summed E-state index contributed by atoms with van der Waals surface area (Å²) in [6, 6.07) is 11.0. The number of carbonyl (C=O) groups is 1. The fourth-order valence-electron chi connectivity index (χ4n) is 2.16. The van der Waals surface area contributed by atoms with Crippen molar-refractivity contribution in [3.63, 3.8) is 0 Å². The largest absolute Gasteiger partial charge is 0.513 e. The second-order valence-corrected chi connectivity index (χ2v) is 5.42. The maximum atomic E-state index is 11.3. The van der Waals surface area contributed by atoms with Gasteiger partial charge in [-0.3, -0.25) is 0 Å². The van der Waals surface area contributed by atoms with E-state index in [1.807, 2.05) is 31.2 Å². The van der Waals surface area contributed by atoms with Crippen molar-refractivity contribution in [2.75, 3.05) is 7.11 Å². The standard InChI is InChI=1S/C18H19ClO4/c1-4-13-9-12(2)17(10-15(13)19)22-11-14-7-5-6-8-16(14)23-18(20)21-3/h5-10H,4,11H2,1-3H3. The van der Waals surface area contributed by atoms with Crippen LogP contribution in [0, 0.1) is 6.92 Å². The number of halogens is 1. The Morgan fingerprint density at radius 3 is 2.57 bits per heavy atom. The van der Waals surface area contributed by atoms with Crippen LogP contribution in [0.5, 0.6) is 11.5 Å². The van der Waals surface area contributed by atoms with Crippen molar-refractivity contribution < 1.29 is 19.0 Å². The van der Waals surface area contributed by atoms with E-state index in [0.29, 0.717) is 16.5 Å². The average molecular weight is 335 g/mol. The average Bonchev–Trinajstić information content (AvgIpc) is 2.56. The van der Waals surface area contributed by atoms with Crippen LogP contribution in [0.25, 0.3) is 0 Å². The Bertz CT molecular complexity index is 697. The van der Waals surface area contributed by atoms with Crippen LogP contribution in [-0.2, 0) is 17.8 Å². The number of ether oxygens (including phenoxy) is 3. The topological polar surface area (TPSA) is 44.8 Å². The minimum atomic E-state index is -0.760. The summed E-state index contributed by atoms with van der Waals surface area (Å²) in [5.74, 6) is 1.12. The zero-order chi connectivity index (χ0) is 16.8. The lowest BCUT2D eigenvalue weighted by Gasteiger charge is -2.13. The molecule has 0 heterocycles. The normalized spacial score (nSPS) is 10.3. The van der Waals surface area contributed by atoms with Gasteiger partial charge in [0, 0.05) is 10.6 Å². The molecule has 0 amide bonds. The summed E-state index contributed by atoms with van der Waals surface area (Å²) in [6.07, 6.45) is 0.111. The molecule has 2 aromatic rings. The summed E-state index contributed by atoms with van der Waals surface area (Å²) < 4.78 is 15.5. The highest BCUT2D eigenvalue weighted by atomic mass is 35.5. The van der Waals surface area contributed by atoms with Crippen LogP contribution in [0.4, 0.5) is 4.79 Å². The van der Waals surface area contributed by atoms with Gasteiger partial charge in [0.25, 0.3) is 0 Å². The molecule has 0 fully saturated rings. The maximum Gasteiger partial charge on any atom is 0.513 e. The Hall–Kier alpha value is -2.20. The molecule has 0 bridgehead atoms. The van der Waals surface area contributed by atoms with Crippen molar-refractivity contribution in [1.29, 1.82) is 0 Å². The third-order valence-corrected chi connectivity index (χ3v) is 3.79. The van der Waals surface area contributed by atoms with Gasteiger partial charge >= 0.3 is 6.16 Å². The molecule has 0 radical (unpaired) electrons. The molecule has 0 aromatic heterocycles. The predicted molar refractivity (Wildman–Crippen MR) is 89.4 cm³/mol. The fourth-order valence-corrected chi connectivity index (χ4v) is 2.45. The van der Waals surface area contributed by atoms with Crippen LogP contribution in [0.2, 0.25) is 5.02 Å². The number of hydrogen-bond acceptors (Lipinski definition) is 4. The van der Waals surface area contributed by atoms with E-state index in [-0.39, 0.29) is 6.61 Å². The quantitative estimate of drug-likeness (QED) is 0.574. The van der Waals surface area contributed by atoms with Crippen LogP contribution < -0.4 is 9.47 Å². The highest BCUT2D eigenvalue weighted by Crippen LogP contribution is 2.29. The van der Waals surface area contributed by atoms with E-state index >= 15 is 0 Å². The molecule has 0 saturated heterocycles. The highest BCUT2D eigenvalue weighted by molar-refractivity contribution is 6.31. The molecular formula is C18H19ClO4. The van der Waals surface area contributed by atoms with Gasteiger partial charge in [-0.1, -0.05) is 42.8 Å². The van der Waals surface area contributed by atoms with E-state index in [1.54, 1.807) is 12.1 Å². The summed E-state index contributed by atoms with van der Waals surface area (Å²) in [7, 11) is 1.27. The van der Waals surface area contributed by atoms with Crippen LogP contribution in [0.3, 0.4) is 0 Å². The molecule has 0 aliphatic rings. The third kappa shape index (κ3) is 4.39. The smallest absolute Gasteiger partial charge is 0.488 e. The molecule has 0 saturated carbocycles. The molecule has 2 aromatic carbocycles. The third-order valence-electron chi connectivity index (χ3n) is 3.44. The zero-order valence-corrected chi connectivity index (χ0v) is 14.1. The first-order valence-electron chi connectivity index (χ1n) is 7.30. The molecule has 5 heteroatoms. The van der Waals surface area contributed by atoms with E-state index < -0.39 is 6.16 Å². The molecule has 2 rings (SSSR count). The van der Waals surface area contributed by atoms with Gasteiger partial charge in [-0.25, -0.2) is 4.79 Å². The van der Waals surface area contributed by atoms with E-state index in [9.17, 15) is 4.79 Å². The molecule has 0 unspecified atom stereocenters. The summed E-state index contributed by atoms with van der Waals surface area (Å²) in [5.41, 5.74) is 2.84. The number of hydrogen-bond donors (Lipinski definition) is 0. The maximum absolute atomic E-state index is 11.3. The van der Waals surface area contributed by atoms with E-state index in [2.05, 4.69) is 11.7 Å².